The molecule has 0 unspecified atom stereocenters. The number of hydrogen-bond donors (Lipinski definition) is 1. The number of ether oxygens (including phenoxy) is 2. The minimum Gasteiger partial charge on any atom is -0.454 e. The van der Waals surface area contributed by atoms with E-state index in [4.69, 9.17) is 9.47 Å². The van der Waals surface area contributed by atoms with Gasteiger partial charge in [-0.05, 0) is 42.3 Å². The van der Waals surface area contributed by atoms with Crippen molar-refractivity contribution in [3.05, 3.63) is 59.2 Å². The minimum atomic E-state index is 0.333. The van der Waals surface area contributed by atoms with Crippen LogP contribution in [0.15, 0.2) is 42.5 Å². The first-order valence-electron chi connectivity index (χ1n) is 7.02. The van der Waals surface area contributed by atoms with Gasteiger partial charge < -0.3 is 14.8 Å². The van der Waals surface area contributed by atoms with Gasteiger partial charge in [-0.2, -0.15) is 0 Å². The maximum atomic E-state index is 5.50. The van der Waals surface area contributed by atoms with Gasteiger partial charge in [0, 0.05) is 12.0 Å². The molecule has 0 aromatic heterocycles. The lowest BCUT2D eigenvalue weighted by atomic mass is 9.93. The number of nitrogens with one attached hydrogen (secondary N) is 1. The van der Waals surface area contributed by atoms with Crippen molar-refractivity contribution in [3.63, 3.8) is 0 Å². The van der Waals surface area contributed by atoms with E-state index in [1.54, 1.807) is 0 Å². The fourth-order valence-corrected chi connectivity index (χ4v) is 3.35. The van der Waals surface area contributed by atoms with Crippen molar-refractivity contribution in [2.24, 2.45) is 0 Å². The Labute approximate surface area is 118 Å². The molecule has 0 bridgehead atoms. The molecule has 0 saturated heterocycles. The van der Waals surface area contributed by atoms with Crippen molar-refractivity contribution in [3.8, 4) is 11.5 Å². The van der Waals surface area contributed by atoms with E-state index in [2.05, 4.69) is 41.7 Å². The molecule has 3 nitrogen and oxygen atoms in total. The summed E-state index contributed by atoms with van der Waals surface area (Å²) in [5.41, 5.74) is 4.14. The van der Waals surface area contributed by atoms with Crippen LogP contribution in [0, 0.1) is 0 Å². The van der Waals surface area contributed by atoms with Gasteiger partial charge in [0.05, 0.1) is 0 Å². The number of hydrogen-bond acceptors (Lipinski definition) is 3. The second-order valence-electron chi connectivity index (χ2n) is 5.37. The van der Waals surface area contributed by atoms with Gasteiger partial charge >= 0.3 is 0 Å². The normalized spacial score (nSPS) is 22.9. The highest BCUT2D eigenvalue weighted by Gasteiger charge is 2.31. The van der Waals surface area contributed by atoms with E-state index in [1.807, 2.05) is 13.1 Å². The first-order valence-corrected chi connectivity index (χ1v) is 7.02. The molecule has 3 heteroatoms. The number of fused-ring (bicyclic) bond motifs is 2. The molecular formula is C17H17NO2. The van der Waals surface area contributed by atoms with E-state index in [9.17, 15) is 0 Å². The van der Waals surface area contributed by atoms with Crippen LogP contribution in [0.5, 0.6) is 11.5 Å². The lowest BCUT2D eigenvalue weighted by Crippen LogP contribution is -2.13. The van der Waals surface area contributed by atoms with Gasteiger partial charge in [-0.15, -0.1) is 0 Å². The molecule has 102 valence electrons. The molecule has 0 radical (unpaired) electrons. The first kappa shape index (κ1) is 11.8. The third-order valence-electron chi connectivity index (χ3n) is 4.37. The zero-order chi connectivity index (χ0) is 13.5. The van der Waals surface area contributed by atoms with Crippen LogP contribution in [0.2, 0.25) is 0 Å². The predicted molar refractivity (Wildman–Crippen MR) is 77.3 cm³/mol. The third kappa shape index (κ3) is 1.70. The molecule has 2 aliphatic rings. The van der Waals surface area contributed by atoms with Crippen LogP contribution in [-0.2, 0) is 0 Å². The second-order valence-corrected chi connectivity index (χ2v) is 5.37. The smallest absolute Gasteiger partial charge is 0.231 e. The van der Waals surface area contributed by atoms with E-state index in [0.717, 1.165) is 17.9 Å². The van der Waals surface area contributed by atoms with Crippen molar-refractivity contribution in [2.75, 3.05) is 13.8 Å². The Bertz CT molecular complexity index is 653. The standard InChI is InChI=1S/C17H17NO2/c1-18-15-9-14(12-4-2-3-5-13(12)15)11-6-7-16-17(8-11)20-10-19-16/h2-8,14-15,18H,9-10H2,1H3/t14-,15+/m1/s1. The van der Waals surface area contributed by atoms with Gasteiger partial charge in [0.1, 0.15) is 0 Å². The lowest BCUT2D eigenvalue weighted by molar-refractivity contribution is 0.174. The topological polar surface area (TPSA) is 30.5 Å². The first-order chi connectivity index (χ1) is 9.86. The summed E-state index contributed by atoms with van der Waals surface area (Å²) in [4.78, 5) is 0. The molecule has 4 rings (SSSR count). The van der Waals surface area contributed by atoms with Gasteiger partial charge in [0.2, 0.25) is 6.79 Å². The Morgan fingerprint density at radius 3 is 2.65 bits per heavy atom. The molecule has 1 aliphatic carbocycles. The molecular weight excluding hydrogens is 250 g/mol. The van der Waals surface area contributed by atoms with E-state index in [0.29, 0.717) is 18.8 Å². The Hall–Kier alpha value is -2.00. The van der Waals surface area contributed by atoms with Gasteiger partial charge in [-0.1, -0.05) is 30.3 Å². The summed E-state index contributed by atoms with van der Waals surface area (Å²) < 4.78 is 10.9. The van der Waals surface area contributed by atoms with Crippen molar-refractivity contribution >= 4 is 0 Å². The summed E-state index contributed by atoms with van der Waals surface area (Å²) in [6, 6.07) is 15.4. The monoisotopic (exact) mass is 267 g/mol. The third-order valence-corrected chi connectivity index (χ3v) is 4.37. The molecule has 2 atom stereocenters. The predicted octanol–water partition coefficient (Wildman–Crippen LogP) is 3.21. The maximum absolute atomic E-state index is 5.50. The fraction of sp³-hybridized carbons (Fsp3) is 0.294. The Morgan fingerprint density at radius 2 is 1.80 bits per heavy atom. The highest BCUT2D eigenvalue weighted by molar-refractivity contribution is 5.50. The van der Waals surface area contributed by atoms with E-state index < -0.39 is 0 Å². The maximum Gasteiger partial charge on any atom is 0.231 e. The summed E-state index contributed by atoms with van der Waals surface area (Å²) in [5, 5.41) is 3.42. The number of rotatable bonds is 2. The molecule has 1 heterocycles. The van der Waals surface area contributed by atoms with Crippen molar-refractivity contribution in [1.82, 2.24) is 5.32 Å². The molecule has 0 spiro atoms. The zero-order valence-corrected chi connectivity index (χ0v) is 11.4. The van der Waals surface area contributed by atoms with Crippen molar-refractivity contribution in [1.29, 1.82) is 0 Å². The van der Waals surface area contributed by atoms with Crippen LogP contribution >= 0.6 is 0 Å². The molecule has 0 amide bonds. The molecule has 0 fully saturated rings. The van der Waals surface area contributed by atoms with Crippen LogP contribution in [0.25, 0.3) is 0 Å². The second kappa shape index (κ2) is 4.53. The summed E-state index contributed by atoms with van der Waals surface area (Å²) in [6.45, 7) is 0.333. The Balaban J connectivity index is 1.76. The van der Waals surface area contributed by atoms with Crippen molar-refractivity contribution < 1.29 is 9.47 Å². The quantitative estimate of drug-likeness (QED) is 0.906. The molecule has 0 saturated carbocycles. The van der Waals surface area contributed by atoms with E-state index in [-0.39, 0.29) is 0 Å². The highest BCUT2D eigenvalue weighted by Crippen LogP contribution is 2.45. The SMILES string of the molecule is CN[C@H]1C[C@H](c2ccc3c(c2)OCO3)c2ccccc21. The zero-order valence-electron chi connectivity index (χ0n) is 11.4. The Kier molecular flexibility index (Phi) is 2.67. The summed E-state index contributed by atoms with van der Waals surface area (Å²) in [7, 11) is 2.03. The molecule has 1 N–H and O–H groups in total. The number of benzene rings is 2. The molecule has 20 heavy (non-hydrogen) atoms. The Morgan fingerprint density at radius 1 is 1.00 bits per heavy atom. The summed E-state index contributed by atoms with van der Waals surface area (Å²) in [5.74, 6) is 2.15. The van der Waals surface area contributed by atoms with E-state index in [1.165, 1.54) is 16.7 Å². The average Bonchev–Trinajstić information content (AvgIpc) is 3.10. The van der Waals surface area contributed by atoms with Gasteiger partial charge in [0.25, 0.3) is 0 Å². The fourth-order valence-electron chi connectivity index (χ4n) is 3.35. The molecule has 1 aliphatic heterocycles. The van der Waals surface area contributed by atoms with Crippen LogP contribution in [0.3, 0.4) is 0 Å². The van der Waals surface area contributed by atoms with Crippen LogP contribution in [-0.4, -0.2) is 13.8 Å². The lowest BCUT2D eigenvalue weighted by Gasteiger charge is -2.13. The van der Waals surface area contributed by atoms with Gasteiger partial charge in [-0.3, -0.25) is 0 Å². The van der Waals surface area contributed by atoms with Gasteiger partial charge in [0.15, 0.2) is 11.5 Å². The summed E-state index contributed by atoms with van der Waals surface area (Å²) >= 11 is 0. The summed E-state index contributed by atoms with van der Waals surface area (Å²) in [6.07, 6.45) is 1.09. The van der Waals surface area contributed by atoms with Crippen molar-refractivity contribution in [2.45, 2.75) is 18.4 Å². The van der Waals surface area contributed by atoms with Crippen LogP contribution in [0.1, 0.15) is 35.1 Å². The van der Waals surface area contributed by atoms with Gasteiger partial charge in [-0.25, -0.2) is 0 Å². The van der Waals surface area contributed by atoms with E-state index >= 15 is 0 Å². The highest BCUT2D eigenvalue weighted by atomic mass is 16.7. The van der Waals surface area contributed by atoms with Crippen LogP contribution < -0.4 is 14.8 Å². The average molecular weight is 267 g/mol. The minimum absolute atomic E-state index is 0.333. The largest absolute Gasteiger partial charge is 0.454 e. The molecule has 2 aromatic rings. The molecule has 2 aromatic carbocycles. The van der Waals surface area contributed by atoms with Crippen LogP contribution in [0.4, 0.5) is 0 Å².